The molecule has 24 heavy (non-hydrogen) atoms. The van der Waals surface area contributed by atoms with Crippen LogP contribution in [0.5, 0.6) is 0 Å². The minimum Gasteiger partial charge on any atom is -0.378 e. The molecule has 6 heteroatoms. The Kier molecular flexibility index (Phi) is 5.18. The smallest absolute Gasteiger partial charge is 0.241 e. The Morgan fingerprint density at radius 3 is 2.25 bits per heavy atom. The van der Waals surface area contributed by atoms with Crippen molar-refractivity contribution in [1.29, 1.82) is 0 Å². The fraction of sp³-hybridized carbons (Fsp3) is 0.333. The van der Waals surface area contributed by atoms with Crippen molar-refractivity contribution in [2.45, 2.75) is 17.9 Å². The molecule has 128 valence electrons. The standard InChI is InChI=1S/C18H22N2O3S/c1-15(19-24(21,22)18-5-3-2-4-6-18)16-7-9-17(10-8-16)20-11-13-23-14-12-20/h2-10,15,19H,11-14H2,1H3. The summed E-state index contributed by atoms with van der Waals surface area (Å²) in [5.41, 5.74) is 2.08. The van der Waals surface area contributed by atoms with Crippen molar-refractivity contribution in [3.63, 3.8) is 0 Å². The maximum absolute atomic E-state index is 12.4. The van der Waals surface area contributed by atoms with E-state index in [0.29, 0.717) is 0 Å². The van der Waals surface area contributed by atoms with Gasteiger partial charge in [0.2, 0.25) is 10.0 Å². The summed E-state index contributed by atoms with van der Waals surface area (Å²) in [6.45, 7) is 5.11. The SMILES string of the molecule is CC(NS(=O)(=O)c1ccccc1)c1ccc(N2CCOCC2)cc1. The molecule has 1 fully saturated rings. The van der Waals surface area contributed by atoms with Crippen LogP contribution in [-0.2, 0) is 14.8 Å². The van der Waals surface area contributed by atoms with Crippen LogP contribution >= 0.6 is 0 Å². The number of benzene rings is 2. The Hall–Kier alpha value is -1.89. The number of nitrogens with zero attached hydrogens (tertiary/aromatic N) is 1. The highest BCUT2D eigenvalue weighted by molar-refractivity contribution is 7.89. The third-order valence-electron chi connectivity index (χ3n) is 4.15. The normalized spacial score (nSPS) is 16.8. The molecule has 5 nitrogen and oxygen atoms in total. The number of ether oxygens (including phenoxy) is 1. The molecule has 1 aliphatic rings. The summed E-state index contributed by atoms with van der Waals surface area (Å²) >= 11 is 0. The first-order valence-electron chi connectivity index (χ1n) is 8.06. The lowest BCUT2D eigenvalue weighted by Crippen LogP contribution is -2.36. The Bertz CT molecular complexity index is 755. The van der Waals surface area contributed by atoms with E-state index >= 15 is 0 Å². The monoisotopic (exact) mass is 346 g/mol. The van der Waals surface area contributed by atoms with Crippen LogP contribution in [0, 0.1) is 0 Å². The summed E-state index contributed by atoms with van der Waals surface area (Å²) in [5, 5.41) is 0. The zero-order chi connectivity index (χ0) is 17.0. The third kappa shape index (κ3) is 3.95. The molecule has 1 saturated heterocycles. The zero-order valence-electron chi connectivity index (χ0n) is 13.7. The molecule has 3 rings (SSSR count). The summed E-state index contributed by atoms with van der Waals surface area (Å²) < 4.78 is 32.9. The van der Waals surface area contributed by atoms with Crippen molar-refractivity contribution < 1.29 is 13.2 Å². The average molecular weight is 346 g/mol. The molecule has 0 aliphatic carbocycles. The van der Waals surface area contributed by atoms with Crippen molar-refractivity contribution in [3.8, 4) is 0 Å². The lowest BCUT2D eigenvalue weighted by molar-refractivity contribution is 0.122. The predicted octanol–water partition coefficient (Wildman–Crippen LogP) is 2.56. The van der Waals surface area contributed by atoms with Gasteiger partial charge in [0.05, 0.1) is 18.1 Å². The lowest BCUT2D eigenvalue weighted by Gasteiger charge is -2.29. The Morgan fingerprint density at radius 2 is 1.62 bits per heavy atom. The molecule has 0 bridgehead atoms. The maximum atomic E-state index is 12.4. The summed E-state index contributed by atoms with van der Waals surface area (Å²) in [7, 11) is -3.52. The Balaban J connectivity index is 1.70. The average Bonchev–Trinajstić information content (AvgIpc) is 2.63. The molecule has 1 atom stereocenters. The summed E-state index contributed by atoms with van der Waals surface area (Å²) in [5.74, 6) is 0. The molecule has 0 amide bonds. The van der Waals surface area contributed by atoms with Gasteiger partial charge in [-0.05, 0) is 36.8 Å². The highest BCUT2D eigenvalue weighted by atomic mass is 32.2. The molecule has 1 heterocycles. The van der Waals surface area contributed by atoms with E-state index in [1.54, 1.807) is 30.3 Å². The van der Waals surface area contributed by atoms with Crippen molar-refractivity contribution >= 4 is 15.7 Å². The van der Waals surface area contributed by atoms with Crippen LogP contribution in [-0.4, -0.2) is 34.7 Å². The number of morpholine rings is 1. The van der Waals surface area contributed by atoms with Crippen LogP contribution in [0.15, 0.2) is 59.5 Å². The van der Waals surface area contributed by atoms with E-state index in [-0.39, 0.29) is 10.9 Å². The van der Waals surface area contributed by atoms with Gasteiger partial charge in [-0.2, -0.15) is 0 Å². The van der Waals surface area contributed by atoms with Crippen molar-refractivity contribution in [2.24, 2.45) is 0 Å². The van der Waals surface area contributed by atoms with E-state index in [2.05, 4.69) is 9.62 Å². The van der Waals surface area contributed by atoms with Crippen molar-refractivity contribution in [2.75, 3.05) is 31.2 Å². The molecular weight excluding hydrogens is 324 g/mol. The van der Waals surface area contributed by atoms with Gasteiger partial charge in [0.25, 0.3) is 0 Å². The fourth-order valence-corrected chi connectivity index (χ4v) is 4.02. The third-order valence-corrected chi connectivity index (χ3v) is 5.71. The van der Waals surface area contributed by atoms with Crippen LogP contribution in [0.1, 0.15) is 18.5 Å². The minimum atomic E-state index is -3.52. The number of sulfonamides is 1. The first-order valence-corrected chi connectivity index (χ1v) is 9.54. The van der Waals surface area contributed by atoms with E-state index < -0.39 is 10.0 Å². The number of anilines is 1. The lowest BCUT2D eigenvalue weighted by atomic mass is 10.1. The Labute approximate surface area is 143 Å². The molecule has 1 N–H and O–H groups in total. The van der Waals surface area contributed by atoms with E-state index in [1.165, 1.54) is 0 Å². The molecule has 0 radical (unpaired) electrons. The fourth-order valence-electron chi connectivity index (χ4n) is 2.76. The van der Waals surface area contributed by atoms with Gasteiger partial charge in [0.1, 0.15) is 0 Å². The maximum Gasteiger partial charge on any atom is 0.241 e. The second-order valence-corrected chi connectivity index (χ2v) is 7.56. The zero-order valence-corrected chi connectivity index (χ0v) is 14.5. The number of nitrogens with one attached hydrogen (secondary N) is 1. The van der Waals surface area contributed by atoms with E-state index in [1.807, 2.05) is 31.2 Å². The summed E-state index contributed by atoms with van der Waals surface area (Å²) in [6.07, 6.45) is 0. The number of hydrogen-bond acceptors (Lipinski definition) is 4. The molecular formula is C18H22N2O3S. The first kappa shape index (κ1) is 17.0. The molecule has 0 spiro atoms. The minimum absolute atomic E-state index is 0.279. The quantitative estimate of drug-likeness (QED) is 0.904. The molecule has 1 aliphatic heterocycles. The van der Waals surface area contributed by atoms with Crippen LogP contribution in [0.2, 0.25) is 0 Å². The molecule has 0 saturated carbocycles. The molecule has 0 aromatic heterocycles. The molecule has 2 aromatic carbocycles. The number of hydrogen-bond donors (Lipinski definition) is 1. The van der Waals surface area contributed by atoms with Gasteiger partial charge in [-0.15, -0.1) is 0 Å². The van der Waals surface area contributed by atoms with Gasteiger partial charge in [-0.1, -0.05) is 30.3 Å². The van der Waals surface area contributed by atoms with E-state index in [0.717, 1.165) is 37.6 Å². The van der Waals surface area contributed by atoms with Gasteiger partial charge in [0.15, 0.2) is 0 Å². The molecule has 1 unspecified atom stereocenters. The van der Waals surface area contributed by atoms with E-state index in [9.17, 15) is 8.42 Å². The summed E-state index contributed by atoms with van der Waals surface area (Å²) in [4.78, 5) is 2.55. The van der Waals surface area contributed by atoms with E-state index in [4.69, 9.17) is 4.74 Å². The number of rotatable bonds is 5. The van der Waals surface area contributed by atoms with Crippen LogP contribution in [0.25, 0.3) is 0 Å². The van der Waals surface area contributed by atoms with Crippen molar-refractivity contribution in [1.82, 2.24) is 4.72 Å². The first-order chi connectivity index (χ1) is 11.6. The predicted molar refractivity (Wildman–Crippen MR) is 94.7 cm³/mol. The summed E-state index contributed by atoms with van der Waals surface area (Å²) in [6, 6.07) is 16.1. The second-order valence-electron chi connectivity index (χ2n) is 5.85. The van der Waals surface area contributed by atoms with Gasteiger partial charge in [-0.25, -0.2) is 13.1 Å². The highest BCUT2D eigenvalue weighted by Gasteiger charge is 2.18. The van der Waals surface area contributed by atoms with Gasteiger partial charge in [0, 0.05) is 24.8 Å². The topological polar surface area (TPSA) is 58.6 Å². The van der Waals surface area contributed by atoms with Gasteiger partial charge < -0.3 is 9.64 Å². The second kappa shape index (κ2) is 7.34. The van der Waals surface area contributed by atoms with Crippen molar-refractivity contribution in [3.05, 3.63) is 60.2 Å². The Morgan fingerprint density at radius 1 is 1.00 bits per heavy atom. The molecule has 2 aromatic rings. The van der Waals surface area contributed by atoms with Gasteiger partial charge >= 0.3 is 0 Å². The van der Waals surface area contributed by atoms with Gasteiger partial charge in [-0.3, -0.25) is 0 Å². The largest absolute Gasteiger partial charge is 0.378 e. The van der Waals surface area contributed by atoms with Crippen LogP contribution in [0.3, 0.4) is 0 Å². The highest BCUT2D eigenvalue weighted by Crippen LogP contribution is 2.21. The van der Waals surface area contributed by atoms with Crippen LogP contribution < -0.4 is 9.62 Å². The van der Waals surface area contributed by atoms with Crippen LogP contribution in [0.4, 0.5) is 5.69 Å².